The number of piperazine rings is 1. The molecule has 9 heteroatoms. The molecule has 4 aromatic rings. The highest BCUT2D eigenvalue weighted by Gasteiger charge is 2.24. The molecule has 1 fully saturated rings. The summed E-state index contributed by atoms with van der Waals surface area (Å²) >= 11 is 0. The molecule has 7 nitrogen and oxygen atoms in total. The first-order valence-corrected chi connectivity index (χ1v) is 10.5. The first-order chi connectivity index (χ1) is 15.5. The van der Waals surface area contributed by atoms with Gasteiger partial charge in [0.15, 0.2) is 17.5 Å². The smallest absolute Gasteiger partial charge is 0.324 e. The number of hydrogen-bond acceptors (Lipinski definition) is 5. The Morgan fingerprint density at radius 2 is 1.78 bits per heavy atom. The van der Waals surface area contributed by atoms with E-state index < -0.39 is 17.7 Å². The highest BCUT2D eigenvalue weighted by Crippen LogP contribution is 2.32. The molecule has 1 aliphatic heterocycles. The fraction of sp³-hybridized carbons (Fsp3) is 0.261. The van der Waals surface area contributed by atoms with Crippen LogP contribution in [0.3, 0.4) is 0 Å². The largest absolute Gasteiger partial charge is 0.352 e. The summed E-state index contributed by atoms with van der Waals surface area (Å²) in [5.41, 5.74) is 8.52. The third kappa shape index (κ3) is 3.54. The minimum Gasteiger partial charge on any atom is -0.352 e. The lowest BCUT2D eigenvalue weighted by atomic mass is 10.1. The highest BCUT2D eigenvalue weighted by molar-refractivity contribution is 6.14. The molecule has 1 aliphatic rings. The lowest BCUT2D eigenvalue weighted by molar-refractivity contribution is 0.251. The van der Waals surface area contributed by atoms with Crippen LogP contribution in [0.1, 0.15) is 5.56 Å². The number of anilines is 1. The van der Waals surface area contributed by atoms with E-state index in [2.05, 4.69) is 19.8 Å². The summed E-state index contributed by atoms with van der Waals surface area (Å²) in [6.07, 6.45) is 2.16. The molecule has 0 bridgehead atoms. The maximum absolute atomic E-state index is 13.4. The summed E-state index contributed by atoms with van der Waals surface area (Å²) < 4.78 is 28.0. The Balaban J connectivity index is 1.36. The Kier molecular flexibility index (Phi) is 5.18. The standard InChI is InChI=1S/C23H22F2N6O/c24-17-6-5-15(13-18(17)25)7-8-29-9-11-30(12-10-29)22-21-20(27-14-28-22)16-3-1-2-4-19(16)31(21)23(26)32/h1-6,13-14H,7-12H2,(H2,26,32). The fourth-order valence-corrected chi connectivity index (χ4v) is 4.39. The molecule has 2 N–H and O–H groups in total. The summed E-state index contributed by atoms with van der Waals surface area (Å²) in [6.45, 7) is 3.74. The molecule has 164 valence electrons. The number of nitrogens with zero attached hydrogens (tertiary/aromatic N) is 5. The number of para-hydroxylation sites is 1. The minimum absolute atomic E-state index is 0.572. The molecular formula is C23H22F2N6O. The van der Waals surface area contributed by atoms with Gasteiger partial charge in [-0.25, -0.2) is 23.5 Å². The number of aromatic nitrogens is 3. The van der Waals surface area contributed by atoms with Gasteiger partial charge in [-0.3, -0.25) is 9.47 Å². The van der Waals surface area contributed by atoms with E-state index >= 15 is 0 Å². The van der Waals surface area contributed by atoms with Gasteiger partial charge < -0.3 is 10.6 Å². The third-order valence-electron chi connectivity index (χ3n) is 6.02. The van der Waals surface area contributed by atoms with E-state index in [0.29, 0.717) is 41.9 Å². The van der Waals surface area contributed by atoms with Crippen molar-refractivity contribution in [2.45, 2.75) is 6.42 Å². The number of primary amides is 1. The van der Waals surface area contributed by atoms with Crippen LogP contribution in [0.15, 0.2) is 48.8 Å². The van der Waals surface area contributed by atoms with Crippen molar-refractivity contribution in [3.8, 4) is 0 Å². The zero-order chi connectivity index (χ0) is 22.2. The maximum atomic E-state index is 13.4. The van der Waals surface area contributed by atoms with Gasteiger partial charge in [0.05, 0.1) is 5.52 Å². The van der Waals surface area contributed by atoms with Crippen LogP contribution < -0.4 is 10.6 Å². The molecule has 5 rings (SSSR count). The molecule has 1 amide bonds. The lowest BCUT2D eigenvalue weighted by Crippen LogP contribution is -2.47. The van der Waals surface area contributed by atoms with Crippen LogP contribution in [0, 0.1) is 11.6 Å². The number of rotatable bonds is 4. The van der Waals surface area contributed by atoms with Crippen LogP contribution in [-0.2, 0) is 6.42 Å². The third-order valence-corrected chi connectivity index (χ3v) is 6.02. The van der Waals surface area contributed by atoms with Crippen molar-refractivity contribution < 1.29 is 13.6 Å². The average molecular weight is 436 g/mol. The number of amides is 1. The van der Waals surface area contributed by atoms with Gasteiger partial charge in [0.2, 0.25) is 0 Å². The van der Waals surface area contributed by atoms with Gasteiger partial charge in [-0.1, -0.05) is 24.3 Å². The zero-order valence-electron chi connectivity index (χ0n) is 17.3. The van der Waals surface area contributed by atoms with Gasteiger partial charge in [0, 0.05) is 38.1 Å². The van der Waals surface area contributed by atoms with Crippen molar-refractivity contribution in [2.75, 3.05) is 37.6 Å². The van der Waals surface area contributed by atoms with Crippen molar-refractivity contribution >= 4 is 33.8 Å². The fourth-order valence-electron chi connectivity index (χ4n) is 4.39. The Morgan fingerprint density at radius 1 is 1.00 bits per heavy atom. The van der Waals surface area contributed by atoms with Crippen LogP contribution in [0.4, 0.5) is 19.4 Å². The predicted octanol–water partition coefficient (Wildman–Crippen LogP) is 3.15. The first kappa shape index (κ1) is 20.3. The van der Waals surface area contributed by atoms with E-state index in [0.717, 1.165) is 30.6 Å². The SMILES string of the molecule is NC(=O)n1c2ccccc2c2ncnc(N3CCN(CCc4ccc(F)c(F)c4)CC3)c21. The van der Waals surface area contributed by atoms with Gasteiger partial charge >= 0.3 is 6.03 Å². The number of hydrogen-bond donors (Lipinski definition) is 1. The van der Waals surface area contributed by atoms with Gasteiger partial charge in [-0.05, 0) is 30.2 Å². The van der Waals surface area contributed by atoms with Gasteiger partial charge in [-0.2, -0.15) is 0 Å². The number of halogens is 2. The van der Waals surface area contributed by atoms with E-state index in [-0.39, 0.29) is 0 Å². The van der Waals surface area contributed by atoms with E-state index in [1.165, 1.54) is 23.0 Å². The van der Waals surface area contributed by atoms with Crippen molar-refractivity contribution in [3.63, 3.8) is 0 Å². The van der Waals surface area contributed by atoms with Gasteiger partial charge in [-0.15, -0.1) is 0 Å². The van der Waals surface area contributed by atoms with Crippen LogP contribution in [-0.4, -0.2) is 58.2 Å². The topological polar surface area (TPSA) is 80.3 Å². The summed E-state index contributed by atoms with van der Waals surface area (Å²) in [7, 11) is 0. The Hall–Kier alpha value is -3.59. The number of carbonyl (C=O) groups excluding carboxylic acids is 1. The summed E-state index contributed by atoms with van der Waals surface area (Å²) in [5, 5.41) is 0.857. The number of fused-ring (bicyclic) bond motifs is 3. The van der Waals surface area contributed by atoms with Crippen molar-refractivity contribution in [1.29, 1.82) is 0 Å². The molecule has 0 aliphatic carbocycles. The van der Waals surface area contributed by atoms with E-state index in [9.17, 15) is 13.6 Å². The number of benzene rings is 2. The maximum Gasteiger partial charge on any atom is 0.324 e. The van der Waals surface area contributed by atoms with Crippen LogP contribution in [0.5, 0.6) is 0 Å². The lowest BCUT2D eigenvalue weighted by Gasteiger charge is -2.35. The molecule has 0 spiro atoms. The summed E-state index contributed by atoms with van der Waals surface area (Å²) in [4.78, 5) is 25.6. The quantitative estimate of drug-likeness (QED) is 0.532. The molecule has 2 aromatic heterocycles. The van der Waals surface area contributed by atoms with Crippen LogP contribution in [0.25, 0.3) is 21.9 Å². The molecule has 32 heavy (non-hydrogen) atoms. The van der Waals surface area contributed by atoms with Crippen molar-refractivity contribution in [1.82, 2.24) is 19.4 Å². The average Bonchev–Trinajstić information content (AvgIpc) is 3.15. The monoisotopic (exact) mass is 436 g/mol. The van der Waals surface area contributed by atoms with Crippen molar-refractivity contribution in [2.24, 2.45) is 5.73 Å². The molecule has 2 aromatic carbocycles. The minimum atomic E-state index is -0.827. The Labute approximate surface area is 183 Å². The second kappa shape index (κ2) is 8.16. The van der Waals surface area contributed by atoms with E-state index in [1.807, 2.05) is 24.3 Å². The van der Waals surface area contributed by atoms with E-state index in [1.54, 1.807) is 6.07 Å². The molecule has 0 unspecified atom stereocenters. The van der Waals surface area contributed by atoms with E-state index in [4.69, 9.17) is 5.73 Å². The van der Waals surface area contributed by atoms with Crippen LogP contribution >= 0.6 is 0 Å². The molecule has 0 radical (unpaired) electrons. The first-order valence-electron chi connectivity index (χ1n) is 10.5. The van der Waals surface area contributed by atoms with Crippen molar-refractivity contribution in [3.05, 3.63) is 66.0 Å². The van der Waals surface area contributed by atoms with Gasteiger partial charge in [0.25, 0.3) is 0 Å². The predicted molar refractivity (Wildman–Crippen MR) is 119 cm³/mol. The number of carbonyl (C=O) groups is 1. The summed E-state index contributed by atoms with van der Waals surface area (Å²) in [6, 6.07) is 11.0. The Bertz CT molecular complexity index is 1310. The highest BCUT2D eigenvalue weighted by atomic mass is 19.2. The molecule has 1 saturated heterocycles. The Morgan fingerprint density at radius 3 is 2.53 bits per heavy atom. The second-order valence-electron chi connectivity index (χ2n) is 7.91. The second-order valence-corrected chi connectivity index (χ2v) is 7.91. The summed E-state index contributed by atoms with van der Waals surface area (Å²) in [5.74, 6) is -0.956. The van der Waals surface area contributed by atoms with Gasteiger partial charge in [0.1, 0.15) is 17.4 Å². The van der Waals surface area contributed by atoms with Crippen LogP contribution in [0.2, 0.25) is 0 Å². The molecule has 0 atom stereocenters. The molecular weight excluding hydrogens is 414 g/mol. The zero-order valence-corrected chi connectivity index (χ0v) is 17.3. The number of nitrogens with two attached hydrogens (primary N) is 1. The molecule has 3 heterocycles. The normalized spacial score (nSPS) is 15.0. The molecule has 0 saturated carbocycles.